The van der Waals surface area contributed by atoms with Crippen molar-refractivity contribution >= 4 is 32.3 Å². The van der Waals surface area contributed by atoms with E-state index in [0.717, 1.165) is 51.6 Å². The lowest BCUT2D eigenvalue weighted by Crippen LogP contribution is -2.13. The maximum Gasteiger partial charge on any atom is 0.260 e. The van der Waals surface area contributed by atoms with Gasteiger partial charge in [-0.25, -0.2) is 4.98 Å². The highest BCUT2D eigenvalue weighted by molar-refractivity contribution is 7.18. The van der Waals surface area contributed by atoms with Crippen LogP contribution in [-0.2, 0) is 12.8 Å². The molecule has 2 heterocycles. The lowest BCUT2D eigenvalue weighted by atomic mass is 9.89. The Morgan fingerprint density at radius 1 is 1.25 bits per heavy atom. The van der Waals surface area contributed by atoms with Crippen LogP contribution in [0.15, 0.2) is 41.2 Å². The van der Waals surface area contributed by atoms with Crippen molar-refractivity contribution in [1.29, 1.82) is 0 Å². The minimum Gasteiger partial charge on any atom is -0.493 e. The SMILES string of the molecule is CCOc1ccc2ccccc2c1-c1nc2sc3c(c2c(=O)[nH]1)CCC(C)C3. The van der Waals surface area contributed by atoms with Gasteiger partial charge >= 0.3 is 0 Å². The minimum absolute atomic E-state index is 0.0394. The van der Waals surface area contributed by atoms with Crippen molar-refractivity contribution in [2.75, 3.05) is 6.61 Å². The maximum absolute atomic E-state index is 13.1. The molecule has 1 atom stereocenters. The molecule has 2 aromatic carbocycles. The van der Waals surface area contributed by atoms with Gasteiger partial charge in [0.05, 0.1) is 17.6 Å². The van der Waals surface area contributed by atoms with Crippen molar-refractivity contribution < 1.29 is 4.74 Å². The van der Waals surface area contributed by atoms with E-state index in [1.807, 2.05) is 31.2 Å². The molecule has 1 unspecified atom stereocenters. The van der Waals surface area contributed by atoms with Crippen molar-refractivity contribution in [1.82, 2.24) is 9.97 Å². The monoisotopic (exact) mass is 390 g/mol. The summed E-state index contributed by atoms with van der Waals surface area (Å²) < 4.78 is 5.89. The molecule has 0 bridgehead atoms. The van der Waals surface area contributed by atoms with E-state index in [0.29, 0.717) is 18.3 Å². The first-order chi connectivity index (χ1) is 13.7. The van der Waals surface area contributed by atoms with Crippen LogP contribution < -0.4 is 10.3 Å². The summed E-state index contributed by atoms with van der Waals surface area (Å²) in [6.45, 7) is 4.80. The number of aromatic amines is 1. The number of nitrogens with zero attached hydrogens (tertiary/aromatic N) is 1. The Balaban J connectivity index is 1.78. The topological polar surface area (TPSA) is 55.0 Å². The number of aromatic nitrogens is 2. The first-order valence-electron chi connectivity index (χ1n) is 9.85. The average Bonchev–Trinajstić information content (AvgIpc) is 3.05. The highest BCUT2D eigenvalue weighted by Crippen LogP contribution is 2.39. The summed E-state index contributed by atoms with van der Waals surface area (Å²) in [4.78, 5) is 23.2. The summed E-state index contributed by atoms with van der Waals surface area (Å²) in [7, 11) is 0. The van der Waals surface area contributed by atoms with Gasteiger partial charge in [0, 0.05) is 4.88 Å². The lowest BCUT2D eigenvalue weighted by Gasteiger charge is -2.17. The summed E-state index contributed by atoms with van der Waals surface area (Å²) in [5.74, 6) is 2.00. The van der Waals surface area contributed by atoms with Crippen LogP contribution in [0.5, 0.6) is 5.75 Å². The third-order valence-electron chi connectivity index (χ3n) is 5.59. The Hall–Kier alpha value is -2.66. The van der Waals surface area contributed by atoms with Gasteiger partial charge in [-0.2, -0.15) is 0 Å². The van der Waals surface area contributed by atoms with Gasteiger partial charge in [0.15, 0.2) is 0 Å². The van der Waals surface area contributed by atoms with Crippen molar-refractivity contribution in [2.24, 2.45) is 5.92 Å². The van der Waals surface area contributed by atoms with E-state index in [4.69, 9.17) is 9.72 Å². The number of H-pyrrole nitrogens is 1. The van der Waals surface area contributed by atoms with Crippen molar-refractivity contribution in [3.8, 4) is 17.1 Å². The summed E-state index contributed by atoms with van der Waals surface area (Å²) in [6, 6.07) is 12.1. The van der Waals surface area contributed by atoms with Gasteiger partial charge in [0.2, 0.25) is 0 Å². The number of aryl methyl sites for hydroxylation is 1. The van der Waals surface area contributed by atoms with E-state index in [1.165, 1.54) is 10.4 Å². The molecule has 1 aliphatic carbocycles. The van der Waals surface area contributed by atoms with E-state index in [-0.39, 0.29) is 5.56 Å². The van der Waals surface area contributed by atoms with Crippen LogP contribution in [0.2, 0.25) is 0 Å². The molecule has 0 saturated heterocycles. The highest BCUT2D eigenvalue weighted by Gasteiger charge is 2.24. The van der Waals surface area contributed by atoms with Crippen molar-refractivity contribution in [3.63, 3.8) is 0 Å². The molecule has 0 spiro atoms. The number of hydrogen-bond donors (Lipinski definition) is 1. The zero-order chi connectivity index (χ0) is 19.3. The van der Waals surface area contributed by atoms with Crippen LogP contribution in [0.1, 0.15) is 30.7 Å². The number of ether oxygens (including phenoxy) is 1. The number of nitrogens with one attached hydrogen (secondary N) is 1. The normalized spacial score (nSPS) is 16.4. The third-order valence-corrected chi connectivity index (χ3v) is 6.74. The molecule has 0 saturated carbocycles. The standard InChI is InChI=1S/C23H22N2O2S/c1-3-27-17-11-9-14-6-4-5-7-15(14)19(17)21-24-22(26)20-16-10-8-13(2)12-18(16)28-23(20)25-21/h4-7,9,11,13H,3,8,10,12H2,1-2H3,(H,24,25,26). The van der Waals surface area contributed by atoms with Crippen LogP contribution in [-0.4, -0.2) is 16.6 Å². The van der Waals surface area contributed by atoms with Crippen molar-refractivity contribution in [2.45, 2.75) is 33.1 Å². The second kappa shape index (κ2) is 6.74. The second-order valence-electron chi connectivity index (χ2n) is 7.54. The van der Waals surface area contributed by atoms with Gasteiger partial charge in [-0.3, -0.25) is 4.79 Å². The number of fused-ring (bicyclic) bond motifs is 4. The maximum atomic E-state index is 13.1. The quantitative estimate of drug-likeness (QED) is 0.514. The van der Waals surface area contributed by atoms with E-state index < -0.39 is 0 Å². The Morgan fingerprint density at radius 2 is 2.11 bits per heavy atom. The Morgan fingerprint density at radius 3 is 2.96 bits per heavy atom. The molecule has 0 radical (unpaired) electrons. The zero-order valence-electron chi connectivity index (χ0n) is 16.0. The number of thiophene rings is 1. The zero-order valence-corrected chi connectivity index (χ0v) is 16.9. The van der Waals surface area contributed by atoms with E-state index >= 15 is 0 Å². The Bertz CT molecular complexity index is 1250. The fraction of sp³-hybridized carbons (Fsp3) is 0.304. The first-order valence-corrected chi connectivity index (χ1v) is 10.7. The summed E-state index contributed by atoms with van der Waals surface area (Å²) in [6.07, 6.45) is 3.15. The molecule has 1 aliphatic rings. The molecule has 0 fully saturated rings. The molecule has 0 aliphatic heterocycles. The van der Waals surface area contributed by atoms with E-state index in [2.05, 4.69) is 24.0 Å². The van der Waals surface area contributed by atoms with Gasteiger partial charge < -0.3 is 9.72 Å². The molecule has 0 amide bonds. The second-order valence-corrected chi connectivity index (χ2v) is 8.62. The first kappa shape index (κ1) is 17.4. The van der Waals surface area contributed by atoms with Crippen LogP contribution in [0, 0.1) is 5.92 Å². The molecular weight excluding hydrogens is 368 g/mol. The molecule has 4 aromatic rings. The third kappa shape index (κ3) is 2.73. The van der Waals surface area contributed by atoms with Crippen LogP contribution >= 0.6 is 11.3 Å². The molecule has 1 N–H and O–H groups in total. The number of rotatable bonds is 3. The molecule has 142 valence electrons. The van der Waals surface area contributed by atoms with Gasteiger partial charge in [-0.1, -0.05) is 37.3 Å². The molecule has 28 heavy (non-hydrogen) atoms. The van der Waals surface area contributed by atoms with E-state index in [1.54, 1.807) is 11.3 Å². The minimum atomic E-state index is -0.0394. The van der Waals surface area contributed by atoms with Gasteiger partial charge in [-0.15, -0.1) is 11.3 Å². The van der Waals surface area contributed by atoms with Crippen LogP contribution in [0.4, 0.5) is 0 Å². The molecule has 5 heteroatoms. The summed E-state index contributed by atoms with van der Waals surface area (Å²) in [5, 5.41) is 2.92. The number of benzene rings is 2. The fourth-order valence-electron chi connectivity index (χ4n) is 4.24. The van der Waals surface area contributed by atoms with Gasteiger partial charge in [-0.05, 0) is 54.5 Å². The Labute approximate surface area is 167 Å². The van der Waals surface area contributed by atoms with E-state index in [9.17, 15) is 4.79 Å². The molecular formula is C23H22N2O2S. The predicted molar refractivity (Wildman–Crippen MR) is 116 cm³/mol. The fourth-order valence-corrected chi connectivity index (χ4v) is 5.62. The van der Waals surface area contributed by atoms with Gasteiger partial charge in [0.1, 0.15) is 16.4 Å². The average molecular weight is 391 g/mol. The van der Waals surface area contributed by atoms with Crippen LogP contribution in [0.25, 0.3) is 32.4 Å². The largest absolute Gasteiger partial charge is 0.493 e. The summed E-state index contributed by atoms with van der Waals surface area (Å²) in [5.41, 5.74) is 2.03. The summed E-state index contributed by atoms with van der Waals surface area (Å²) >= 11 is 1.68. The lowest BCUT2D eigenvalue weighted by molar-refractivity contribution is 0.342. The van der Waals surface area contributed by atoms with Crippen molar-refractivity contribution in [3.05, 3.63) is 57.2 Å². The predicted octanol–water partition coefficient (Wildman–Crippen LogP) is 5.33. The number of hydrogen-bond acceptors (Lipinski definition) is 4. The Kier molecular flexibility index (Phi) is 4.20. The van der Waals surface area contributed by atoms with Crippen LogP contribution in [0.3, 0.4) is 0 Å². The molecule has 4 nitrogen and oxygen atoms in total. The molecule has 5 rings (SSSR count). The smallest absolute Gasteiger partial charge is 0.260 e. The highest BCUT2D eigenvalue weighted by atomic mass is 32.1. The van der Waals surface area contributed by atoms with Gasteiger partial charge in [0.25, 0.3) is 5.56 Å². The molecule has 2 aromatic heterocycles.